The average molecular weight is 478 g/mol. The number of hydrogen-bond donors (Lipinski definition) is 1. The quantitative estimate of drug-likeness (QED) is 0.103. The van der Waals surface area contributed by atoms with Crippen LogP contribution in [0.2, 0.25) is 0 Å². The lowest BCUT2D eigenvalue weighted by Gasteiger charge is -2.25. The number of aliphatic hydroxyl groups is 1. The molecule has 3 nitrogen and oxygen atoms in total. The molecule has 1 aliphatic rings. The molecule has 174 valence electrons. The summed E-state index contributed by atoms with van der Waals surface area (Å²) in [7, 11) is 0. The van der Waals surface area contributed by atoms with Crippen LogP contribution in [0.25, 0.3) is 0 Å². The summed E-state index contributed by atoms with van der Waals surface area (Å²) >= 11 is 3.50. The smallest absolute Gasteiger partial charge is 0.160 e. The van der Waals surface area contributed by atoms with Gasteiger partial charge in [0.05, 0.1) is 0 Å². The van der Waals surface area contributed by atoms with E-state index in [9.17, 15) is 5.11 Å². The van der Waals surface area contributed by atoms with Crippen molar-refractivity contribution in [3.63, 3.8) is 0 Å². The third kappa shape index (κ3) is 18.8. The van der Waals surface area contributed by atoms with E-state index in [-0.39, 0.29) is 6.29 Å². The highest BCUT2D eigenvalue weighted by Crippen LogP contribution is 2.18. The van der Waals surface area contributed by atoms with Gasteiger partial charge in [0.2, 0.25) is 0 Å². The van der Waals surface area contributed by atoms with Crippen molar-refractivity contribution in [3.8, 4) is 0 Å². The number of unbranched alkanes of at least 4 members (excludes halogenated alkanes) is 16. The van der Waals surface area contributed by atoms with Crippen LogP contribution < -0.4 is 0 Å². The van der Waals surface area contributed by atoms with Gasteiger partial charge in [0.25, 0.3) is 0 Å². The molecule has 0 spiro atoms. The Morgan fingerprint density at radius 1 is 0.690 bits per heavy atom. The van der Waals surface area contributed by atoms with Gasteiger partial charge in [0.1, 0.15) is 0 Å². The summed E-state index contributed by atoms with van der Waals surface area (Å²) in [5, 5.41) is 11.1. The minimum atomic E-state index is -0.641. The highest BCUT2D eigenvalue weighted by atomic mass is 79.9. The van der Waals surface area contributed by atoms with Crippen LogP contribution in [0.1, 0.15) is 135 Å². The summed E-state index contributed by atoms with van der Waals surface area (Å²) in [6.07, 6.45) is 26.5. The number of hydrogen-bond acceptors (Lipinski definition) is 3. The molecule has 1 fully saturated rings. The van der Waals surface area contributed by atoms with Gasteiger partial charge in [-0.3, -0.25) is 0 Å². The molecule has 0 amide bonds. The lowest BCUT2D eigenvalue weighted by molar-refractivity contribution is -0.241. The van der Waals surface area contributed by atoms with Gasteiger partial charge in [-0.05, 0) is 38.5 Å². The Morgan fingerprint density at radius 2 is 1.14 bits per heavy atom. The molecule has 1 saturated heterocycles. The number of rotatable bonds is 21. The lowest BCUT2D eigenvalue weighted by Crippen LogP contribution is -2.27. The van der Waals surface area contributed by atoms with Crippen LogP contribution in [0.3, 0.4) is 0 Å². The van der Waals surface area contributed by atoms with Crippen LogP contribution in [0.5, 0.6) is 0 Å². The molecule has 4 heteroatoms. The van der Waals surface area contributed by atoms with Crippen LogP contribution in [0, 0.1) is 0 Å². The Bertz CT molecular complexity index is 321. The molecule has 0 aromatic heterocycles. The monoisotopic (exact) mass is 476 g/mol. The predicted molar refractivity (Wildman–Crippen MR) is 128 cm³/mol. The van der Waals surface area contributed by atoms with E-state index in [0.29, 0.717) is 0 Å². The molecule has 0 aromatic rings. The fourth-order valence-electron chi connectivity index (χ4n) is 4.13. The van der Waals surface area contributed by atoms with E-state index in [1.165, 1.54) is 108 Å². The molecule has 2 atom stereocenters. The summed E-state index contributed by atoms with van der Waals surface area (Å²) in [5.74, 6) is 0. The number of ether oxygens (including phenoxy) is 2. The summed E-state index contributed by atoms with van der Waals surface area (Å²) in [6.45, 7) is 0.773. The standard InChI is InChI=1S/C25H49BrO3/c26-22-18-15-13-11-9-7-5-3-1-2-4-6-8-10-12-14-16-20-24(27)29-25-21-17-19-23-28-25/h24-25,27H,1-23H2. The van der Waals surface area contributed by atoms with Crippen molar-refractivity contribution < 1.29 is 14.6 Å². The van der Waals surface area contributed by atoms with E-state index < -0.39 is 6.29 Å². The Labute approximate surface area is 189 Å². The Kier molecular flexibility index (Phi) is 20.4. The lowest BCUT2D eigenvalue weighted by atomic mass is 10.0. The van der Waals surface area contributed by atoms with Crippen LogP contribution in [-0.4, -0.2) is 29.6 Å². The molecule has 0 aromatic carbocycles. The van der Waals surface area contributed by atoms with Gasteiger partial charge in [-0.25, -0.2) is 0 Å². The molecular weight excluding hydrogens is 428 g/mol. The van der Waals surface area contributed by atoms with Gasteiger partial charge >= 0.3 is 0 Å². The van der Waals surface area contributed by atoms with Crippen LogP contribution in [-0.2, 0) is 9.47 Å². The van der Waals surface area contributed by atoms with E-state index >= 15 is 0 Å². The highest BCUT2D eigenvalue weighted by molar-refractivity contribution is 9.09. The second-order valence-corrected chi connectivity index (χ2v) is 9.67. The zero-order valence-electron chi connectivity index (χ0n) is 19.1. The van der Waals surface area contributed by atoms with Crippen molar-refractivity contribution in [1.82, 2.24) is 0 Å². The molecular formula is C25H49BrO3. The molecule has 0 radical (unpaired) electrons. The Morgan fingerprint density at radius 3 is 1.55 bits per heavy atom. The summed E-state index contributed by atoms with van der Waals surface area (Å²) in [4.78, 5) is 0. The number of alkyl halides is 1. The molecule has 1 heterocycles. The van der Waals surface area contributed by atoms with E-state index in [4.69, 9.17) is 9.47 Å². The first kappa shape index (κ1) is 27.4. The predicted octanol–water partition coefficient (Wildman–Crippen LogP) is 8.26. The average Bonchev–Trinajstić information content (AvgIpc) is 2.73. The number of aliphatic hydroxyl groups excluding tert-OH is 1. The molecule has 0 saturated carbocycles. The fraction of sp³-hybridized carbons (Fsp3) is 1.00. The normalized spacial score (nSPS) is 18.2. The van der Waals surface area contributed by atoms with Gasteiger partial charge in [-0.15, -0.1) is 0 Å². The molecule has 1 N–H and O–H groups in total. The first-order valence-corrected chi connectivity index (χ1v) is 14.0. The van der Waals surface area contributed by atoms with E-state index in [2.05, 4.69) is 15.9 Å². The third-order valence-electron chi connectivity index (χ3n) is 6.03. The summed E-state index contributed by atoms with van der Waals surface area (Å²) in [6, 6.07) is 0. The Hall–Kier alpha value is 0.360. The molecule has 2 unspecified atom stereocenters. The molecule has 0 bridgehead atoms. The summed E-state index contributed by atoms with van der Waals surface area (Å²) < 4.78 is 11.1. The maximum atomic E-state index is 9.93. The van der Waals surface area contributed by atoms with Gasteiger partial charge < -0.3 is 14.6 Å². The summed E-state index contributed by atoms with van der Waals surface area (Å²) in [5.41, 5.74) is 0. The maximum Gasteiger partial charge on any atom is 0.160 e. The van der Waals surface area contributed by atoms with Crippen molar-refractivity contribution in [2.45, 2.75) is 147 Å². The van der Waals surface area contributed by atoms with E-state index in [1.807, 2.05) is 0 Å². The van der Waals surface area contributed by atoms with Crippen molar-refractivity contribution >= 4 is 15.9 Å². The van der Waals surface area contributed by atoms with Crippen LogP contribution in [0.4, 0.5) is 0 Å². The SMILES string of the molecule is OC(CCCCCCCCCCCCCCCCCCCBr)OC1CCCCO1. The van der Waals surface area contributed by atoms with E-state index in [1.54, 1.807) is 0 Å². The van der Waals surface area contributed by atoms with Crippen molar-refractivity contribution in [3.05, 3.63) is 0 Å². The topological polar surface area (TPSA) is 38.7 Å². The third-order valence-corrected chi connectivity index (χ3v) is 6.59. The molecule has 29 heavy (non-hydrogen) atoms. The van der Waals surface area contributed by atoms with Crippen LogP contribution >= 0.6 is 15.9 Å². The zero-order chi connectivity index (χ0) is 20.8. The molecule has 1 rings (SSSR count). The molecule has 0 aliphatic carbocycles. The second-order valence-electron chi connectivity index (χ2n) is 8.87. The first-order valence-electron chi connectivity index (χ1n) is 12.8. The van der Waals surface area contributed by atoms with Gasteiger partial charge in [-0.2, -0.15) is 0 Å². The Balaban J connectivity index is 1.69. The maximum absolute atomic E-state index is 9.93. The minimum absolute atomic E-state index is 0.173. The van der Waals surface area contributed by atoms with Gasteiger partial charge in [0.15, 0.2) is 12.6 Å². The van der Waals surface area contributed by atoms with E-state index in [0.717, 1.165) is 38.7 Å². The first-order chi connectivity index (χ1) is 14.3. The largest absolute Gasteiger partial charge is 0.368 e. The van der Waals surface area contributed by atoms with Crippen molar-refractivity contribution in [2.75, 3.05) is 11.9 Å². The minimum Gasteiger partial charge on any atom is -0.368 e. The number of halogens is 1. The molecule has 1 aliphatic heterocycles. The van der Waals surface area contributed by atoms with Crippen molar-refractivity contribution in [2.24, 2.45) is 0 Å². The fourth-order valence-corrected chi connectivity index (χ4v) is 4.52. The van der Waals surface area contributed by atoms with Crippen LogP contribution in [0.15, 0.2) is 0 Å². The second kappa shape index (κ2) is 21.6. The van der Waals surface area contributed by atoms with Crippen molar-refractivity contribution in [1.29, 1.82) is 0 Å². The van der Waals surface area contributed by atoms with Gasteiger partial charge in [-0.1, -0.05) is 112 Å². The zero-order valence-corrected chi connectivity index (χ0v) is 20.6. The van der Waals surface area contributed by atoms with Gasteiger partial charge in [0, 0.05) is 11.9 Å². The highest BCUT2D eigenvalue weighted by Gasteiger charge is 2.17.